The average Bonchev–Trinajstić information content (AvgIpc) is 3.32. The Morgan fingerprint density at radius 1 is 1.17 bits per heavy atom. The number of nitrogens with two attached hydrogens (primary N) is 1. The molecule has 0 aliphatic carbocycles. The standard InChI is InChI=1S/C20H14F3N3O2S/c21-20(22,23)13-4-2-1-3-12(13)9-28-16-8-17(29-18(16)19(24)27)11-5-6-14-15(7-11)26-10-25-14/h1-8,10H,9H2,(H2,24,27)(H,25,26). The second-order valence-corrected chi connectivity index (χ2v) is 7.30. The number of thiophene rings is 1. The molecule has 29 heavy (non-hydrogen) atoms. The Balaban J connectivity index is 1.65. The van der Waals surface area contributed by atoms with Gasteiger partial charge in [-0.2, -0.15) is 13.2 Å². The van der Waals surface area contributed by atoms with Gasteiger partial charge in [0.15, 0.2) is 0 Å². The summed E-state index contributed by atoms with van der Waals surface area (Å²) in [4.78, 5) is 19.9. The fourth-order valence-corrected chi connectivity index (χ4v) is 3.91. The van der Waals surface area contributed by atoms with E-state index in [1.165, 1.54) is 18.2 Å². The van der Waals surface area contributed by atoms with Gasteiger partial charge in [-0.3, -0.25) is 4.79 Å². The van der Waals surface area contributed by atoms with Crippen molar-refractivity contribution in [3.63, 3.8) is 0 Å². The van der Waals surface area contributed by atoms with E-state index in [4.69, 9.17) is 10.5 Å². The van der Waals surface area contributed by atoms with Crippen molar-refractivity contribution in [3.8, 4) is 16.2 Å². The van der Waals surface area contributed by atoms with Crippen LogP contribution in [0.25, 0.3) is 21.5 Å². The maximum atomic E-state index is 13.2. The molecule has 5 nitrogen and oxygen atoms in total. The van der Waals surface area contributed by atoms with Crippen LogP contribution in [-0.4, -0.2) is 15.9 Å². The highest BCUT2D eigenvalue weighted by Gasteiger charge is 2.33. The summed E-state index contributed by atoms with van der Waals surface area (Å²) in [6, 6.07) is 12.3. The van der Waals surface area contributed by atoms with E-state index in [2.05, 4.69) is 9.97 Å². The number of aromatic amines is 1. The normalized spacial score (nSPS) is 11.7. The molecule has 2 aromatic carbocycles. The minimum Gasteiger partial charge on any atom is -0.487 e. The van der Waals surface area contributed by atoms with Gasteiger partial charge in [-0.25, -0.2) is 4.98 Å². The highest BCUT2D eigenvalue weighted by Crippen LogP contribution is 2.38. The minimum absolute atomic E-state index is 0.0267. The third kappa shape index (κ3) is 3.81. The van der Waals surface area contributed by atoms with Gasteiger partial charge < -0.3 is 15.5 Å². The van der Waals surface area contributed by atoms with Crippen LogP contribution >= 0.6 is 11.3 Å². The van der Waals surface area contributed by atoms with Crippen LogP contribution in [-0.2, 0) is 12.8 Å². The lowest BCUT2D eigenvalue weighted by atomic mass is 10.1. The smallest absolute Gasteiger partial charge is 0.416 e. The van der Waals surface area contributed by atoms with Crippen LogP contribution in [0.2, 0.25) is 0 Å². The zero-order valence-electron chi connectivity index (χ0n) is 14.8. The van der Waals surface area contributed by atoms with Crippen molar-refractivity contribution in [2.24, 2.45) is 5.73 Å². The molecule has 9 heteroatoms. The number of carbonyl (C=O) groups excluding carboxylic acids is 1. The third-order valence-corrected chi connectivity index (χ3v) is 5.51. The van der Waals surface area contributed by atoms with E-state index < -0.39 is 17.6 Å². The molecule has 2 heterocycles. The van der Waals surface area contributed by atoms with E-state index in [1.54, 1.807) is 12.4 Å². The quantitative estimate of drug-likeness (QED) is 0.480. The van der Waals surface area contributed by atoms with E-state index in [0.717, 1.165) is 34.0 Å². The first kappa shape index (κ1) is 19.0. The molecule has 4 rings (SSSR count). The molecular formula is C20H14F3N3O2S. The van der Waals surface area contributed by atoms with Crippen LogP contribution < -0.4 is 10.5 Å². The number of aromatic nitrogens is 2. The number of halogens is 3. The zero-order valence-corrected chi connectivity index (χ0v) is 15.6. The Morgan fingerprint density at radius 3 is 2.72 bits per heavy atom. The first-order chi connectivity index (χ1) is 13.8. The van der Waals surface area contributed by atoms with Gasteiger partial charge >= 0.3 is 6.18 Å². The first-order valence-corrected chi connectivity index (χ1v) is 9.29. The summed E-state index contributed by atoms with van der Waals surface area (Å²) in [6.45, 7) is -0.343. The number of hydrogen-bond acceptors (Lipinski definition) is 4. The monoisotopic (exact) mass is 417 g/mol. The van der Waals surface area contributed by atoms with Gasteiger partial charge in [0.25, 0.3) is 5.91 Å². The van der Waals surface area contributed by atoms with Crippen LogP contribution in [0.5, 0.6) is 5.75 Å². The average molecular weight is 417 g/mol. The molecule has 0 atom stereocenters. The molecule has 0 saturated carbocycles. The number of rotatable bonds is 5. The largest absolute Gasteiger partial charge is 0.487 e. The Hall–Kier alpha value is -3.33. The molecule has 0 aliphatic heterocycles. The number of nitrogens with one attached hydrogen (secondary N) is 1. The highest BCUT2D eigenvalue weighted by molar-refractivity contribution is 7.17. The van der Waals surface area contributed by atoms with Crippen LogP contribution in [0.3, 0.4) is 0 Å². The third-order valence-electron chi connectivity index (χ3n) is 4.33. The number of amides is 1. The lowest BCUT2D eigenvalue weighted by Crippen LogP contribution is -2.13. The Bertz CT molecular complexity index is 1200. The highest BCUT2D eigenvalue weighted by atomic mass is 32.1. The summed E-state index contributed by atoms with van der Waals surface area (Å²) in [5, 5.41) is 0. The summed E-state index contributed by atoms with van der Waals surface area (Å²) in [5.74, 6) is -0.558. The summed E-state index contributed by atoms with van der Waals surface area (Å²) in [5.41, 5.74) is 7.04. The van der Waals surface area contributed by atoms with Crippen LogP contribution in [0.15, 0.2) is 54.9 Å². The summed E-state index contributed by atoms with van der Waals surface area (Å²) >= 11 is 1.12. The number of imidazole rings is 1. The first-order valence-electron chi connectivity index (χ1n) is 8.48. The lowest BCUT2D eigenvalue weighted by Gasteiger charge is -2.13. The fraction of sp³-hybridized carbons (Fsp3) is 0.100. The van der Waals surface area contributed by atoms with Crippen molar-refractivity contribution >= 4 is 28.3 Å². The number of primary amides is 1. The van der Waals surface area contributed by atoms with Crippen molar-refractivity contribution in [2.75, 3.05) is 0 Å². The maximum Gasteiger partial charge on any atom is 0.416 e. The number of fused-ring (bicyclic) bond motifs is 1. The molecule has 148 valence electrons. The van der Waals surface area contributed by atoms with Crippen molar-refractivity contribution in [1.29, 1.82) is 0 Å². The topological polar surface area (TPSA) is 81.0 Å². The van der Waals surface area contributed by atoms with E-state index in [-0.39, 0.29) is 22.8 Å². The van der Waals surface area contributed by atoms with Crippen molar-refractivity contribution in [1.82, 2.24) is 9.97 Å². The molecule has 1 amide bonds. The molecular weight excluding hydrogens is 403 g/mol. The number of benzene rings is 2. The fourth-order valence-electron chi connectivity index (χ4n) is 2.96. The van der Waals surface area contributed by atoms with Crippen molar-refractivity contribution in [2.45, 2.75) is 12.8 Å². The molecule has 0 bridgehead atoms. The molecule has 0 saturated heterocycles. The van der Waals surface area contributed by atoms with Gasteiger partial charge in [-0.1, -0.05) is 24.3 Å². The van der Waals surface area contributed by atoms with Crippen LogP contribution in [0, 0.1) is 0 Å². The second-order valence-electron chi connectivity index (χ2n) is 6.25. The maximum absolute atomic E-state index is 13.2. The molecule has 4 aromatic rings. The van der Waals surface area contributed by atoms with E-state index in [1.807, 2.05) is 18.2 Å². The predicted octanol–water partition coefficient (Wildman–Crippen LogP) is 4.99. The SMILES string of the molecule is NC(=O)c1sc(-c2ccc3[nH]cnc3c2)cc1OCc1ccccc1C(F)(F)F. The Morgan fingerprint density at radius 2 is 1.97 bits per heavy atom. The van der Waals surface area contributed by atoms with Crippen molar-refractivity contribution < 1.29 is 22.7 Å². The van der Waals surface area contributed by atoms with Crippen LogP contribution in [0.4, 0.5) is 13.2 Å². The summed E-state index contributed by atoms with van der Waals surface area (Å²) < 4.78 is 45.1. The van der Waals surface area contributed by atoms with Gasteiger partial charge in [0.05, 0.1) is 22.9 Å². The molecule has 0 spiro atoms. The number of H-pyrrole nitrogens is 1. The minimum atomic E-state index is -4.49. The number of carbonyl (C=O) groups is 1. The number of alkyl halides is 3. The number of ether oxygens (including phenoxy) is 1. The zero-order chi connectivity index (χ0) is 20.6. The second kappa shape index (κ2) is 7.25. The van der Waals surface area contributed by atoms with Crippen LogP contribution in [0.1, 0.15) is 20.8 Å². The molecule has 0 unspecified atom stereocenters. The van der Waals surface area contributed by atoms with Crippen molar-refractivity contribution in [3.05, 3.63) is 70.9 Å². The lowest BCUT2D eigenvalue weighted by molar-refractivity contribution is -0.138. The number of nitrogens with zero attached hydrogens (tertiary/aromatic N) is 1. The van der Waals surface area contributed by atoms with E-state index >= 15 is 0 Å². The molecule has 0 fully saturated rings. The Labute approximate surface area is 167 Å². The molecule has 0 aliphatic rings. The van der Waals surface area contributed by atoms with E-state index in [0.29, 0.717) is 4.88 Å². The molecule has 3 N–H and O–H groups in total. The Kier molecular flexibility index (Phi) is 4.75. The molecule has 0 radical (unpaired) electrons. The van der Waals surface area contributed by atoms with Gasteiger partial charge in [0.2, 0.25) is 0 Å². The molecule has 2 aromatic heterocycles. The number of hydrogen-bond donors (Lipinski definition) is 2. The summed E-state index contributed by atoms with van der Waals surface area (Å²) in [7, 11) is 0. The van der Waals surface area contributed by atoms with Gasteiger partial charge in [-0.15, -0.1) is 11.3 Å². The van der Waals surface area contributed by atoms with Gasteiger partial charge in [-0.05, 0) is 29.8 Å². The van der Waals surface area contributed by atoms with Gasteiger partial charge in [0.1, 0.15) is 17.2 Å². The predicted molar refractivity (Wildman–Crippen MR) is 104 cm³/mol. The van der Waals surface area contributed by atoms with Gasteiger partial charge in [0, 0.05) is 10.4 Å². The van der Waals surface area contributed by atoms with E-state index in [9.17, 15) is 18.0 Å². The summed E-state index contributed by atoms with van der Waals surface area (Å²) in [6.07, 6.45) is -2.92.